The van der Waals surface area contributed by atoms with Crippen molar-refractivity contribution in [2.24, 2.45) is 0 Å². The summed E-state index contributed by atoms with van der Waals surface area (Å²) in [5.41, 5.74) is 2.12. The lowest BCUT2D eigenvalue weighted by Crippen LogP contribution is -3.28. The Balaban J connectivity index is 1.35. The van der Waals surface area contributed by atoms with E-state index in [1.807, 2.05) is 30.3 Å². The minimum atomic E-state index is -0.184. The van der Waals surface area contributed by atoms with Crippen molar-refractivity contribution < 1.29 is 19.0 Å². The van der Waals surface area contributed by atoms with E-state index < -0.39 is 0 Å². The first-order valence-electron chi connectivity index (χ1n) is 10.1. The van der Waals surface area contributed by atoms with Crippen molar-refractivity contribution in [1.29, 1.82) is 0 Å². The summed E-state index contributed by atoms with van der Waals surface area (Å²) < 4.78 is 12.9. The highest BCUT2D eigenvalue weighted by Crippen LogP contribution is 2.17. The van der Waals surface area contributed by atoms with Gasteiger partial charge in [-0.05, 0) is 42.3 Å². The molecule has 1 aliphatic heterocycles. The van der Waals surface area contributed by atoms with Crippen molar-refractivity contribution in [3.05, 3.63) is 59.9 Å². The summed E-state index contributed by atoms with van der Waals surface area (Å²) in [5, 5.41) is 3.08. The minimum absolute atomic E-state index is 0.103. The number of carbonyl (C=O) groups excluding carboxylic acids is 1. The molecule has 1 saturated heterocycles. The van der Waals surface area contributed by atoms with Gasteiger partial charge in [0.2, 0.25) is 0 Å². The molecule has 1 aliphatic rings. The molecule has 0 aliphatic carbocycles. The molecule has 0 radical (unpaired) electrons. The fraction of sp³-hybridized carbons (Fsp3) is 0.409. The van der Waals surface area contributed by atoms with Gasteiger partial charge in [-0.1, -0.05) is 25.1 Å². The Kier molecular flexibility index (Phi) is 7.89. The second kappa shape index (κ2) is 10.6. The first kappa shape index (κ1) is 20.8. The number of amides is 1. The Hall–Kier alpha value is -1.89. The van der Waals surface area contributed by atoms with Crippen LogP contribution in [0.15, 0.2) is 53.4 Å². The summed E-state index contributed by atoms with van der Waals surface area (Å²) in [5.74, 6) is 0.951. The zero-order chi connectivity index (χ0) is 19.8. The van der Waals surface area contributed by atoms with E-state index >= 15 is 0 Å². The number of rotatable bonds is 8. The molecule has 3 N–H and O–H groups in total. The van der Waals surface area contributed by atoms with Gasteiger partial charge in [-0.15, -0.1) is 11.8 Å². The zero-order valence-corrected chi connectivity index (χ0v) is 17.3. The van der Waals surface area contributed by atoms with Crippen LogP contribution in [-0.4, -0.2) is 50.9 Å². The third-order valence-electron chi connectivity index (χ3n) is 5.29. The van der Waals surface area contributed by atoms with Crippen LogP contribution in [0.3, 0.4) is 0 Å². The molecule has 0 unspecified atom stereocenters. The van der Waals surface area contributed by atoms with Crippen LogP contribution in [-0.2, 0) is 11.2 Å². The van der Waals surface area contributed by atoms with Crippen molar-refractivity contribution in [3.63, 3.8) is 0 Å². The molecular weight excluding hydrogens is 373 g/mol. The molecule has 0 aromatic heterocycles. The number of anilines is 1. The normalized spacial score (nSPS) is 19.4. The van der Waals surface area contributed by atoms with E-state index in [9.17, 15) is 9.18 Å². The third kappa shape index (κ3) is 6.33. The summed E-state index contributed by atoms with van der Waals surface area (Å²) in [6.45, 7) is 7.99. The van der Waals surface area contributed by atoms with Crippen molar-refractivity contribution in [1.82, 2.24) is 0 Å². The van der Waals surface area contributed by atoms with E-state index in [0.29, 0.717) is 6.54 Å². The van der Waals surface area contributed by atoms with E-state index in [2.05, 4.69) is 18.3 Å². The molecule has 150 valence electrons. The molecule has 3 rings (SSSR count). The van der Waals surface area contributed by atoms with Gasteiger partial charge in [-0.25, -0.2) is 4.39 Å². The summed E-state index contributed by atoms with van der Waals surface area (Å²) in [7, 11) is 0. The smallest absolute Gasteiger partial charge is 0.279 e. The highest BCUT2D eigenvalue weighted by atomic mass is 32.2. The van der Waals surface area contributed by atoms with Gasteiger partial charge in [0.1, 0.15) is 32.0 Å². The molecule has 6 heteroatoms. The first-order chi connectivity index (χ1) is 13.6. The lowest BCUT2D eigenvalue weighted by atomic mass is 10.1. The van der Waals surface area contributed by atoms with E-state index in [4.69, 9.17) is 0 Å². The van der Waals surface area contributed by atoms with Gasteiger partial charge in [0, 0.05) is 16.3 Å². The summed E-state index contributed by atoms with van der Waals surface area (Å²) >= 11 is 1.78. The number of quaternary nitrogens is 2. The molecule has 0 spiro atoms. The monoisotopic (exact) mass is 403 g/mol. The predicted molar refractivity (Wildman–Crippen MR) is 113 cm³/mol. The lowest BCUT2D eigenvalue weighted by molar-refractivity contribution is -1.01. The van der Waals surface area contributed by atoms with Crippen LogP contribution >= 0.6 is 11.8 Å². The third-order valence-corrected chi connectivity index (χ3v) is 6.30. The Morgan fingerprint density at radius 2 is 1.71 bits per heavy atom. The van der Waals surface area contributed by atoms with E-state index in [1.165, 1.54) is 22.6 Å². The number of hydrogen-bond acceptors (Lipinski definition) is 2. The van der Waals surface area contributed by atoms with Gasteiger partial charge < -0.3 is 15.1 Å². The highest BCUT2D eigenvalue weighted by molar-refractivity contribution is 7.99. The number of benzene rings is 2. The fourth-order valence-corrected chi connectivity index (χ4v) is 4.55. The Morgan fingerprint density at radius 3 is 2.43 bits per heavy atom. The topological polar surface area (TPSA) is 38.0 Å². The number of nitrogens with one attached hydrogen (secondary N) is 3. The second-order valence-electron chi connectivity index (χ2n) is 7.29. The number of halogens is 1. The summed E-state index contributed by atoms with van der Waals surface area (Å²) in [6.07, 6.45) is 0.918. The molecule has 1 heterocycles. The Bertz CT molecular complexity index is 761. The molecule has 1 amide bonds. The fourth-order valence-electron chi connectivity index (χ4n) is 3.60. The molecule has 2 aromatic rings. The predicted octanol–water partition coefficient (Wildman–Crippen LogP) is 0.902. The van der Waals surface area contributed by atoms with E-state index in [1.54, 1.807) is 16.7 Å². The maximum atomic E-state index is 12.9. The molecule has 0 saturated carbocycles. The maximum absolute atomic E-state index is 12.9. The second-order valence-corrected chi connectivity index (χ2v) is 8.46. The Labute approximate surface area is 171 Å². The number of thioether (sulfide) groups is 1. The van der Waals surface area contributed by atoms with Crippen LogP contribution in [0.4, 0.5) is 10.1 Å². The van der Waals surface area contributed by atoms with Crippen molar-refractivity contribution >= 4 is 23.4 Å². The molecule has 0 bridgehead atoms. The van der Waals surface area contributed by atoms with Gasteiger partial charge in [0.25, 0.3) is 5.91 Å². The van der Waals surface area contributed by atoms with E-state index in [-0.39, 0.29) is 11.7 Å². The number of carbonyl (C=O) groups is 1. The summed E-state index contributed by atoms with van der Waals surface area (Å²) in [4.78, 5) is 16.5. The zero-order valence-electron chi connectivity index (χ0n) is 16.5. The van der Waals surface area contributed by atoms with Gasteiger partial charge in [0.05, 0.1) is 6.54 Å². The minimum Gasteiger partial charge on any atom is -0.325 e. The van der Waals surface area contributed by atoms with Gasteiger partial charge >= 0.3 is 0 Å². The average Bonchev–Trinajstić information content (AvgIpc) is 2.71. The van der Waals surface area contributed by atoms with Crippen LogP contribution in [0.1, 0.15) is 12.5 Å². The quantitative estimate of drug-likeness (QED) is 0.573. The molecule has 28 heavy (non-hydrogen) atoms. The Morgan fingerprint density at radius 1 is 1.04 bits per heavy atom. The van der Waals surface area contributed by atoms with Gasteiger partial charge in [0.15, 0.2) is 6.54 Å². The SMILES string of the molecule is CCc1ccccc1NC(=O)C[NH+]1CC[NH+](CCSc2ccc(F)cc2)CC1. The van der Waals surface area contributed by atoms with Gasteiger partial charge in [-0.2, -0.15) is 0 Å². The number of piperazine rings is 1. The van der Waals surface area contributed by atoms with Crippen LogP contribution in [0.2, 0.25) is 0 Å². The molecule has 4 nitrogen and oxygen atoms in total. The average molecular weight is 404 g/mol. The molecular formula is C22H30FN3OS+2. The molecule has 1 fully saturated rings. The van der Waals surface area contributed by atoms with E-state index in [0.717, 1.165) is 55.5 Å². The van der Waals surface area contributed by atoms with Crippen molar-refractivity contribution in [2.45, 2.75) is 18.2 Å². The van der Waals surface area contributed by atoms with Gasteiger partial charge in [-0.3, -0.25) is 4.79 Å². The largest absolute Gasteiger partial charge is 0.325 e. The van der Waals surface area contributed by atoms with Crippen molar-refractivity contribution in [3.8, 4) is 0 Å². The summed E-state index contributed by atoms with van der Waals surface area (Å²) in [6, 6.07) is 14.7. The molecule has 2 aromatic carbocycles. The van der Waals surface area contributed by atoms with Crippen LogP contribution in [0.25, 0.3) is 0 Å². The first-order valence-corrected chi connectivity index (χ1v) is 11.1. The number of aryl methyl sites for hydroxylation is 1. The highest BCUT2D eigenvalue weighted by Gasteiger charge is 2.24. The maximum Gasteiger partial charge on any atom is 0.279 e. The van der Waals surface area contributed by atoms with Crippen molar-refractivity contribution in [2.75, 3.05) is 50.3 Å². The molecule has 0 atom stereocenters. The number of hydrogen-bond donors (Lipinski definition) is 3. The number of para-hydroxylation sites is 1. The standard InChI is InChI=1S/C22H28FN3OS/c1-2-18-5-3-4-6-21(18)24-22(27)17-26-13-11-25(12-14-26)15-16-28-20-9-7-19(23)8-10-20/h3-10H,2,11-17H2,1H3,(H,24,27)/p+2. The lowest BCUT2D eigenvalue weighted by Gasteiger charge is -2.29. The van der Waals surface area contributed by atoms with Crippen LogP contribution in [0.5, 0.6) is 0 Å². The van der Waals surface area contributed by atoms with Crippen LogP contribution < -0.4 is 15.1 Å². The van der Waals surface area contributed by atoms with Crippen LogP contribution in [0, 0.1) is 5.82 Å².